The Balaban J connectivity index is 1.78. The number of aryl methyl sites for hydroxylation is 2. The molecule has 0 aliphatic heterocycles. The number of carbonyl (C=O) groups is 1. The average molecular weight is 274 g/mol. The molecule has 0 spiro atoms. The number of carbonyl (C=O) groups excluding carboxylic acids is 1. The van der Waals surface area contributed by atoms with Crippen molar-refractivity contribution in [3.05, 3.63) is 29.2 Å². The lowest BCUT2D eigenvalue weighted by Crippen LogP contribution is -2.29. The first-order valence-electron chi connectivity index (χ1n) is 6.93. The maximum absolute atomic E-state index is 12.2. The van der Waals surface area contributed by atoms with Crippen LogP contribution in [-0.2, 0) is 4.84 Å². The highest BCUT2D eigenvalue weighted by Gasteiger charge is 2.19. The maximum atomic E-state index is 12.2. The smallest absolute Gasteiger partial charge is 0.270 e. The molecule has 0 radical (unpaired) electrons. The van der Waals surface area contributed by atoms with Crippen LogP contribution in [-0.4, -0.2) is 26.6 Å². The van der Waals surface area contributed by atoms with Crippen molar-refractivity contribution in [2.75, 3.05) is 0 Å². The van der Waals surface area contributed by atoms with Crippen molar-refractivity contribution >= 4 is 11.6 Å². The van der Waals surface area contributed by atoms with Gasteiger partial charge in [0.1, 0.15) is 0 Å². The van der Waals surface area contributed by atoms with Gasteiger partial charge in [0, 0.05) is 12.3 Å². The number of hydroxylamine groups is 1. The molecule has 3 rings (SSSR count). The Labute approximate surface area is 117 Å². The molecule has 0 atom stereocenters. The van der Waals surface area contributed by atoms with Gasteiger partial charge in [-0.15, -0.1) is 0 Å². The molecule has 20 heavy (non-hydrogen) atoms. The summed E-state index contributed by atoms with van der Waals surface area (Å²) >= 11 is 0. The van der Waals surface area contributed by atoms with E-state index < -0.39 is 0 Å². The van der Waals surface area contributed by atoms with Gasteiger partial charge in [-0.3, -0.25) is 9.63 Å². The van der Waals surface area contributed by atoms with E-state index in [9.17, 15) is 4.79 Å². The average Bonchev–Trinajstić information content (AvgIpc) is 3.05. The molecular formula is C14H18N4O2. The monoisotopic (exact) mass is 274 g/mol. The van der Waals surface area contributed by atoms with E-state index in [1.54, 1.807) is 10.7 Å². The fourth-order valence-corrected chi connectivity index (χ4v) is 2.58. The molecule has 6 nitrogen and oxygen atoms in total. The van der Waals surface area contributed by atoms with Gasteiger partial charge in [0.05, 0.1) is 23.1 Å². The van der Waals surface area contributed by atoms with Crippen molar-refractivity contribution < 1.29 is 9.63 Å². The quantitative estimate of drug-likeness (QED) is 0.869. The first-order valence-corrected chi connectivity index (χ1v) is 6.93. The second-order valence-corrected chi connectivity index (χ2v) is 5.27. The van der Waals surface area contributed by atoms with Crippen LogP contribution in [0.2, 0.25) is 0 Å². The van der Waals surface area contributed by atoms with Gasteiger partial charge in [-0.2, -0.15) is 5.10 Å². The summed E-state index contributed by atoms with van der Waals surface area (Å²) in [6, 6.07) is 1.88. The molecular weight excluding hydrogens is 256 g/mol. The van der Waals surface area contributed by atoms with Gasteiger partial charge >= 0.3 is 0 Å². The summed E-state index contributed by atoms with van der Waals surface area (Å²) in [4.78, 5) is 21.8. The second kappa shape index (κ2) is 5.20. The topological polar surface area (TPSA) is 68.5 Å². The molecule has 0 unspecified atom stereocenters. The highest BCUT2D eigenvalue weighted by Crippen LogP contribution is 2.20. The summed E-state index contributed by atoms with van der Waals surface area (Å²) in [5.41, 5.74) is 5.40. The van der Waals surface area contributed by atoms with Crippen molar-refractivity contribution in [2.24, 2.45) is 0 Å². The molecule has 1 amide bonds. The van der Waals surface area contributed by atoms with Crippen molar-refractivity contribution in [1.82, 2.24) is 20.1 Å². The highest BCUT2D eigenvalue weighted by molar-refractivity contribution is 5.94. The third kappa shape index (κ3) is 2.38. The van der Waals surface area contributed by atoms with Crippen LogP contribution < -0.4 is 5.48 Å². The Morgan fingerprint density at radius 3 is 2.90 bits per heavy atom. The number of hydrogen-bond acceptors (Lipinski definition) is 4. The number of nitrogens with zero attached hydrogens (tertiary/aromatic N) is 3. The SMILES string of the molecule is Cc1cc2ncc(C(=O)NOC3CCCC3)c(C)n2n1. The largest absolute Gasteiger partial charge is 0.278 e. The predicted molar refractivity (Wildman–Crippen MR) is 73.3 cm³/mol. The Bertz CT molecular complexity index is 644. The fourth-order valence-electron chi connectivity index (χ4n) is 2.58. The summed E-state index contributed by atoms with van der Waals surface area (Å²) in [6.07, 6.45) is 6.06. The summed E-state index contributed by atoms with van der Waals surface area (Å²) in [5, 5.41) is 4.33. The van der Waals surface area contributed by atoms with Gasteiger partial charge in [-0.25, -0.2) is 15.0 Å². The van der Waals surface area contributed by atoms with E-state index in [0.717, 1.165) is 29.9 Å². The van der Waals surface area contributed by atoms with Crippen molar-refractivity contribution in [1.29, 1.82) is 0 Å². The molecule has 2 aromatic rings. The molecule has 1 fully saturated rings. The van der Waals surface area contributed by atoms with Crippen molar-refractivity contribution in [2.45, 2.75) is 45.6 Å². The number of rotatable bonds is 3. The lowest BCUT2D eigenvalue weighted by molar-refractivity contribution is -0.0125. The van der Waals surface area contributed by atoms with Crippen LogP contribution in [0, 0.1) is 13.8 Å². The Kier molecular flexibility index (Phi) is 3.40. The molecule has 1 saturated carbocycles. The summed E-state index contributed by atoms with van der Waals surface area (Å²) in [7, 11) is 0. The fraction of sp³-hybridized carbons (Fsp3) is 0.500. The second-order valence-electron chi connectivity index (χ2n) is 5.27. The molecule has 2 heterocycles. The molecule has 2 aromatic heterocycles. The minimum Gasteiger partial charge on any atom is -0.270 e. The summed E-state index contributed by atoms with van der Waals surface area (Å²) in [6.45, 7) is 3.75. The van der Waals surface area contributed by atoms with Crippen molar-refractivity contribution in [3.63, 3.8) is 0 Å². The van der Waals surface area contributed by atoms with Crippen LogP contribution in [0.25, 0.3) is 5.65 Å². The molecule has 1 aliphatic rings. The zero-order valence-corrected chi connectivity index (χ0v) is 11.7. The van der Waals surface area contributed by atoms with E-state index in [4.69, 9.17) is 4.84 Å². The Morgan fingerprint density at radius 1 is 1.40 bits per heavy atom. The molecule has 0 aromatic carbocycles. The van der Waals surface area contributed by atoms with Gasteiger partial charge in [-0.1, -0.05) is 12.8 Å². The van der Waals surface area contributed by atoms with E-state index in [1.807, 2.05) is 19.9 Å². The highest BCUT2D eigenvalue weighted by atomic mass is 16.7. The molecule has 0 bridgehead atoms. The van der Waals surface area contributed by atoms with E-state index in [0.29, 0.717) is 5.56 Å². The molecule has 1 N–H and O–H groups in total. The maximum Gasteiger partial charge on any atom is 0.278 e. The number of fused-ring (bicyclic) bond motifs is 1. The van der Waals surface area contributed by atoms with Gasteiger partial charge in [0.2, 0.25) is 0 Å². The Morgan fingerprint density at radius 2 is 2.15 bits per heavy atom. The third-order valence-corrected chi connectivity index (χ3v) is 3.71. The summed E-state index contributed by atoms with van der Waals surface area (Å²) in [5.74, 6) is -0.267. The first kappa shape index (κ1) is 13.1. The minimum atomic E-state index is -0.267. The predicted octanol–water partition coefficient (Wildman–Crippen LogP) is 1.95. The van der Waals surface area contributed by atoms with Crippen LogP contribution in [0.4, 0.5) is 0 Å². The van der Waals surface area contributed by atoms with Crippen molar-refractivity contribution in [3.8, 4) is 0 Å². The van der Waals surface area contributed by atoms with E-state index in [2.05, 4.69) is 15.6 Å². The lowest BCUT2D eigenvalue weighted by atomic mass is 10.2. The third-order valence-electron chi connectivity index (χ3n) is 3.71. The normalized spacial score (nSPS) is 15.9. The van der Waals surface area contributed by atoms with Crippen LogP contribution in [0.3, 0.4) is 0 Å². The van der Waals surface area contributed by atoms with Gasteiger partial charge in [0.25, 0.3) is 5.91 Å². The lowest BCUT2D eigenvalue weighted by Gasteiger charge is -2.12. The first-order chi connectivity index (χ1) is 9.65. The molecule has 0 saturated heterocycles. The Hall–Kier alpha value is -1.95. The van der Waals surface area contributed by atoms with Gasteiger partial charge in [0.15, 0.2) is 5.65 Å². The number of hydrogen-bond donors (Lipinski definition) is 1. The number of aromatic nitrogens is 3. The number of amides is 1. The van der Waals surface area contributed by atoms with E-state index >= 15 is 0 Å². The van der Waals surface area contributed by atoms with Crippen LogP contribution in [0.15, 0.2) is 12.3 Å². The standard InChI is InChI=1S/C14H18N4O2/c1-9-7-13-15-8-12(10(2)18(13)16-9)14(19)17-20-11-5-3-4-6-11/h7-8,11H,3-6H2,1-2H3,(H,17,19). The number of nitrogens with one attached hydrogen (secondary N) is 1. The van der Waals surface area contributed by atoms with E-state index in [1.165, 1.54) is 12.8 Å². The van der Waals surface area contributed by atoms with Gasteiger partial charge < -0.3 is 0 Å². The zero-order chi connectivity index (χ0) is 14.1. The zero-order valence-electron chi connectivity index (χ0n) is 11.7. The molecule has 1 aliphatic carbocycles. The summed E-state index contributed by atoms with van der Waals surface area (Å²) < 4.78 is 1.68. The molecule has 106 valence electrons. The van der Waals surface area contributed by atoms with E-state index in [-0.39, 0.29) is 12.0 Å². The minimum absolute atomic E-state index is 0.142. The van der Waals surface area contributed by atoms with Crippen LogP contribution in [0.1, 0.15) is 47.4 Å². The van der Waals surface area contributed by atoms with Gasteiger partial charge in [-0.05, 0) is 26.7 Å². The molecule has 6 heteroatoms. The van der Waals surface area contributed by atoms with Crippen LogP contribution in [0.5, 0.6) is 0 Å². The van der Waals surface area contributed by atoms with Crippen LogP contribution >= 0.6 is 0 Å².